The summed E-state index contributed by atoms with van der Waals surface area (Å²) in [6.45, 7) is 0.847. The fourth-order valence-electron chi connectivity index (χ4n) is 2.21. The van der Waals surface area contributed by atoms with Crippen molar-refractivity contribution in [3.8, 4) is 0 Å². The summed E-state index contributed by atoms with van der Waals surface area (Å²) in [6, 6.07) is 0. The SMILES string of the molecule is O[C@H]1CC[C@H](OC2CCCCO2)CC1. The molecule has 1 unspecified atom stereocenters. The summed E-state index contributed by atoms with van der Waals surface area (Å²) in [6.07, 6.45) is 7.44. The first-order valence-corrected chi connectivity index (χ1v) is 5.80. The van der Waals surface area contributed by atoms with Gasteiger partial charge in [-0.25, -0.2) is 0 Å². The number of ether oxygens (including phenoxy) is 2. The first kappa shape index (κ1) is 10.4. The van der Waals surface area contributed by atoms with Crippen LogP contribution < -0.4 is 0 Å². The van der Waals surface area contributed by atoms with E-state index < -0.39 is 0 Å². The van der Waals surface area contributed by atoms with E-state index in [4.69, 9.17) is 9.47 Å². The standard InChI is InChI=1S/C11H20O3/c12-9-4-6-10(7-5-9)14-11-3-1-2-8-13-11/h9-12H,1-8H2/t9-,10-,11?. The zero-order chi connectivity index (χ0) is 9.80. The van der Waals surface area contributed by atoms with Crippen molar-refractivity contribution in [3.63, 3.8) is 0 Å². The maximum Gasteiger partial charge on any atom is 0.157 e. The Morgan fingerprint density at radius 1 is 1.00 bits per heavy atom. The van der Waals surface area contributed by atoms with E-state index in [1.807, 2.05) is 0 Å². The molecule has 0 aromatic heterocycles. The van der Waals surface area contributed by atoms with Crippen LogP contribution in [-0.2, 0) is 9.47 Å². The first-order valence-electron chi connectivity index (χ1n) is 5.80. The van der Waals surface area contributed by atoms with Gasteiger partial charge in [0.2, 0.25) is 0 Å². The van der Waals surface area contributed by atoms with Gasteiger partial charge >= 0.3 is 0 Å². The van der Waals surface area contributed by atoms with Crippen molar-refractivity contribution < 1.29 is 14.6 Å². The van der Waals surface area contributed by atoms with Gasteiger partial charge in [-0.05, 0) is 44.9 Å². The van der Waals surface area contributed by atoms with Crippen LogP contribution in [0.25, 0.3) is 0 Å². The predicted molar refractivity (Wildman–Crippen MR) is 52.9 cm³/mol. The minimum atomic E-state index is -0.0953. The highest BCUT2D eigenvalue weighted by Gasteiger charge is 2.24. The second kappa shape index (κ2) is 5.10. The summed E-state index contributed by atoms with van der Waals surface area (Å²) in [5.74, 6) is 0. The van der Waals surface area contributed by atoms with Crippen LogP contribution in [0.5, 0.6) is 0 Å². The van der Waals surface area contributed by atoms with Gasteiger partial charge in [0.1, 0.15) is 0 Å². The van der Waals surface area contributed by atoms with E-state index in [-0.39, 0.29) is 12.4 Å². The highest BCUT2D eigenvalue weighted by atomic mass is 16.7. The van der Waals surface area contributed by atoms with Gasteiger partial charge in [0.25, 0.3) is 0 Å². The highest BCUT2D eigenvalue weighted by molar-refractivity contribution is 4.72. The molecule has 2 aliphatic rings. The molecule has 3 nitrogen and oxygen atoms in total. The van der Waals surface area contributed by atoms with Gasteiger partial charge in [-0.1, -0.05) is 0 Å². The maximum atomic E-state index is 9.35. The maximum absolute atomic E-state index is 9.35. The lowest BCUT2D eigenvalue weighted by Gasteiger charge is -2.31. The second-order valence-corrected chi connectivity index (χ2v) is 4.36. The largest absolute Gasteiger partial charge is 0.393 e. The lowest BCUT2D eigenvalue weighted by Crippen LogP contribution is -2.31. The molecule has 2 rings (SSSR count). The molecule has 1 aliphatic heterocycles. The summed E-state index contributed by atoms with van der Waals surface area (Å²) < 4.78 is 11.4. The van der Waals surface area contributed by atoms with Crippen LogP contribution in [0.2, 0.25) is 0 Å². The Balaban J connectivity index is 1.68. The molecule has 1 N–H and O–H groups in total. The molecule has 3 heteroatoms. The van der Waals surface area contributed by atoms with E-state index in [9.17, 15) is 5.11 Å². The quantitative estimate of drug-likeness (QED) is 0.739. The Hall–Kier alpha value is -0.120. The number of aliphatic hydroxyl groups excluding tert-OH is 1. The Labute approximate surface area is 85.4 Å². The summed E-state index contributed by atoms with van der Waals surface area (Å²) in [5.41, 5.74) is 0. The van der Waals surface area contributed by atoms with Gasteiger partial charge in [-0.2, -0.15) is 0 Å². The Bertz CT molecular complexity index is 158. The second-order valence-electron chi connectivity index (χ2n) is 4.36. The average molecular weight is 200 g/mol. The summed E-state index contributed by atoms with van der Waals surface area (Å²) in [5, 5.41) is 9.35. The third-order valence-electron chi connectivity index (χ3n) is 3.13. The molecule has 0 aromatic rings. The molecule has 0 amide bonds. The van der Waals surface area contributed by atoms with E-state index in [2.05, 4.69) is 0 Å². The molecular formula is C11H20O3. The lowest BCUT2D eigenvalue weighted by molar-refractivity contribution is -0.196. The van der Waals surface area contributed by atoms with Crippen LogP contribution in [0.3, 0.4) is 0 Å². The van der Waals surface area contributed by atoms with Crippen molar-refractivity contribution in [2.24, 2.45) is 0 Å². The third-order valence-corrected chi connectivity index (χ3v) is 3.13. The normalized spacial score (nSPS) is 39.6. The molecular weight excluding hydrogens is 180 g/mol. The average Bonchev–Trinajstić information content (AvgIpc) is 2.23. The molecule has 14 heavy (non-hydrogen) atoms. The molecule has 1 heterocycles. The highest BCUT2D eigenvalue weighted by Crippen LogP contribution is 2.24. The third kappa shape index (κ3) is 2.94. The molecule has 1 aliphatic carbocycles. The molecule has 0 radical (unpaired) electrons. The summed E-state index contributed by atoms with van der Waals surface area (Å²) in [7, 11) is 0. The minimum absolute atomic E-state index is 0.0315. The number of aliphatic hydroxyl groups is 1. The van der Waals surface area contributed by atoms with Crippen LogP contribution in [0, 0.1) is 0 Å². The van der Waals surface area contributed by atoms with Gasteiger partial charge in [-0.3, -0.25) is 0 Å². The van der Waals surface area contributed by atoms with E-state index >= 15 is 0 Å². The van der Waals surface area contributed by atoms with Crippen LogP contribution >= 0.6 is 0 Å². The molecule has 0 bridgehead atoms. The van der Waals surface area contributed by atoms with E-state index in [1.54, 1.807) is 0 Å². The van der Waals surface area contributed by atoms with Crippen molar-refractivity contribution in [2.75, 3.05) is 6.61 Å². The number of rotatable bonds is 2. The smallest absolute Gasteiger partial charge is 0.157 e. The van der Waals surface area contributed by atoms with Gasteiger partial charge in [0.15, 0.2) is 6.29 Å². The van der Waals surface area contributed by atoms with Crippen molar-refractivity contribution in [3.05, 3.63) is 0 Å². The monoisotopic (exact) mass is 200 g/mol. The molecule has 82 valence electrons. The fourth-order valence-corrected chi connectivity index (χ4v) is 2.21. The Morgan fingerprint density at radius 2 is 1.79 bits per heavy atom. The first-order chi connectivity index (χ1) is 6.84. The Morgan fingerprint density at radius 3 is 2.43 bits per heavy atom. The fraction of sp³-hybridized carbons (Fsp3) is 1.00. The number of hydrogen-bond donors (Lipinski definition) is 1. The van der Waals surface area contributed by atoms with E-state index in [0.29, 0.717) is 6.10 Å². The van der Waals surface area contributed by atoms with Gasteiger partial charge < -0.3 is 14.6 Å². The zero-order valence-electron chi connectivity index (χ0n) is 8.65. The van der Waals surface area contributed by atoms with Crippen LogP contribution in [0.15, 0.2) is 0 Å². The van der Waals surface area contributed by atoms with Gasteiger partial charge in [0, 0.05) is 6.61 Å². The van der Waals surface area contributed by atoms with Crippen LogP contribution in [0.1, 0.15) is 44.9 Å². The van der Waals surface area contributed by atoms with Crippen molar-refractivity contribution >= 4 is 0 Å². The van der Waals surface area contributed by atoms with Gasteiger partial charge in [0.05, 0.1) is 12.2 Å². The van der Waals surface area contributed by atoms with Crippen molar-refractivity contribution in [1.82, 2.24) is 0 Å². The van der Waals surface area contributed by atoms with Crippen LogP contribution in [-0.4, -0.2) is 30.2 Å². The molecule has 2 fully saturated rings. The van der Waals surface area contributed by atoms with Crippen molar-refractivity contribution in [1.29, 1.82) is 0 Å². The molecule has 1 saturated carbocycles. The Kier molecular flexibility index (Phi) is 3.79. The summed E-state index contributed by atoms with van der Waals surface area (Å²) >= 11 is 0. The summed E-state index contributed by atoms with van der Waals surface area (Å²) in [4.78, 5) is 0. The van der Waals surface area contributed by atoms with E-state index in [1.165, 1.54) is 12.8 Å². The molecule has 1 atom stereocenters. The topological polar surface area (TPSA) is 38.7 Å². The number of hydrogen-bond acceptors (Lipinski definition) is 3. The zero-order valence-corrected chi connectivity index (χ0v) is 8.65. The van der Waals surface area contributed by atoms with E-state index in [0.717, 1.165) is 38.7 Å². The lowest BCUT2D eigenvalue weighted by atomic mass is 9.95. The van der Waals surface area contributed by atoms with Crippen molar-refractivity contribution in [2.45, 2.75) is 63.4 Å². The molecule has 0 aromatic carbocycles. The van der Waals surface area contributed by atoms with Crippen LogP contribution in [0.4, 0.5) is 0 Å². The molecule has 0 spiro atoms. The van der Waals surface area contributed by atoms with Gasteiger partial charge in [-0.15, -0.1) is 0 Å². The predicted octanol–water partition coefficient (Wildman–Crippen LogP) is 1.83. The molecule has 1 saturated heterocycles. The minimum Gasteiger partial charge on any atom is -0.393 e.